The van der Waals surface area contributed by atoms with Gasteiger partial charge in [-0.25, -0.2) is 13.5 Å². The van der Waals surface area contributed by atoms with E-state index in [-0.39, 0.29) is 29.1 Å². The summed E-state index contributed by atoms with van der Waals surface area (Å²) in [6.07, 6.45) is -0.157. The molecule has 3 aromatic carbocycles. The number of hydrogen-bond donors (Lipinski definition) is 1. The van der Waals surface area contributed by atoms with E-state index in [2.05, 4.69) is 15.4 Å². The average molecular weight is 434 g/mol. The van der Waals surface area contributed by atoms with E-state index in [9.17, 15) is 13.6 Å². The van der Waals surface area contributed by atoms with Crippen molar-refractivity contribution in [2.45, 2.75) is 20.0 Å². The number of anilines is 1. The van der Waals surface area contributed by atoms with Crippen molar-refractivity contribution >= 4 is 11.6 Å². The van der Waals surface area contributed by atoms with Crippen molar-refractivity contribution in [3.8, 4) is 23.1 Å². The predicted molar refractivity (Wildman–Crippen MR) is 117 cm³/mol. The molecule has 6 nitrogen and oxygen atoms in total. The molecule has 1 amide bonds. The first-order valence-corrected chi connectivity index (χ1v) is 9.97. The molecule has 0 unspecified atom stereocenters. The van der Waals surface area contributed by atoms with Gasteiger partial charge in [-0.1, -0.05) is 24.3 Å². The lowest BCUT2D eigenvalue weighted by molar-refractivity contribution is 0.102. The van der Waals surface area contributed by atoms with Gasteiger partial charge >= 0.3 is 6.01 Å². The second kappa shape index (κ2) is 8.97. The number of halogens is 2. The first-order chi connectivity index (χ1) is 15.4. The minimum atomic E-state index is -0.601. The maximum atomic E-state index is 14.4. The number of carbonyl (C=O) groups excluding carboxylic acids is 1. The third-order valence-electron chi connectivity index (χ3n) is 4.53. The Balaban J connectivity index is 1.65. The maximum absolute atomic E-state index is 14.4. The van der Waals surface area contributed by atoms with E-state index in [0.29, 0.717) is 11.4 Å². The predicted octanol–water partition coefficient (Wildman–Crippen LogP) is 5.25. The van der Waals surface area contributed by atoms with E-state index in [1.807, 2.05) is 13.8 Å². The van der Waals surface area contributed by atoms with Crippen LogP contribution in [0.2, 0.25) is 0 Å². The van der Waals surface area contributed by atoms with Crippen LogP contribution in [0.4, 0.5) is 14.5 Å². The molecular weight excluding hydrogens is 414 g/mol. The summed E-state index contributed by atoms with van der Waals surface area (Å²) in [5.74, 6) is -1.32. The van der Waals surface area contributed by atoms with Crippen LogP contribution in [0.1, 0.15) is 24.2 Å². The average Bonchev–Trinajstić information content (AvgIpc) is 3.17. The second-order valence-electron chi connectivity index (χ2n) is 7.26. The standard InChI is InChI=1S/C24H20F2N4O2/c1-15(2)32-24-28-22(18-7-3-5-9-20(18)25)30(29-24)17-13-11-16(12-14-17)27-23(31)19-8-4-6-10-21(19)26/h3-15H,1-2H3,(H,27,31). The van der Waals surface area contributed by atoms with E-state index in [1.54, 1.807) is 48.5 Å². The Labute approximate surface area is 183 Å². The van der Waals surface area contributed by atoms with Crippen LogP contribution >= 0.6 is 0 Å². The topological polar surface area (TPSA) is 69.0 Å². The number of nitrogens with zero attached hydrogens (tertiary/aromatic N) is 3. The molecule has 1 N–H and O–H groups in total. The molecule has 0 aliphatic carbocycles. The van der Waals surface area contributed by atoms with Gasteiger partial charge in [0.15, 0.2) is 5.82 Å². The number of benzene rings is 3. The number of ether oxygens (including phenoxy) is 1. The molecule has 4 rings (SSSR count). The summed E-state index contributed by atoms with van der Waals surface area (Å²) in [6, 6.07) is 18.8. The molecule has 0 atom stereocenters. The number of nitrogens with one attached hydrogen (secondary N) is 1. The number of carbonyl (C=O) groups is 1. The third kappa shape index (κ3) is 4.49. The van der Waals surface area contributed by atoms with Crippen molar-refractivity contribution in [2.24, 2.45) is 0 Å². The van der Waals surface area contributed by atoms with Crippen molar-refractivity contribution in [2.75, 3.05) is 5.32 Å². The summed E-state index contributed by atoms with van der Waals surface area (Å²) in [7, 11) is 0. The van der Waals surface area contributed by atoms with E-state index >= 15 is 0 Å². The van der Waals surface area contributed by atoms with Crippen molar-refractivity contribution < 1.29 is 18.3 Å². The Kier molecular flexibility index (Phi) is 5.93. The minimum Gasteiger partial charge on any atom is -0.460 e. The van der Waals surface area contributed by atoms with Gasteiger partial charge in [0.2, 0.25) is 0 Å². The first-order valence-electron chi connectivity index (χ1n) is 9.97. The lowest BCUT2D eigenvalue weighted by Crippen LogP contribution is -2.13. The van der Waals surface area contributed by atoms with Crippen LogP contribution in [0, 0.1) is 11.6 Å². The van der Waals surface area contributed by atoms with Gasteiger partial charge in [0.05, 0.1) is 22.9 Å². The zero-order chi connectivity index (χ0) is 22.7. The molecule has 8 heteroatoms. The normalized spacial score (nSPS) is 10.9. The first kappa shape index (κ1) is 21.2. The minimum absolute atomic E-state index is 0.0508. The van der Waals surface area contributed by atoms with E-state index in [1.165, 1.54) is 28.9 Å². The number of aromatic nitrogens is 3. The molecule has 162 valence electrons. The van der Waals surface area contributed by atoms with Gasteiger partial charge in [-0.05, 0) is 62.4 Å². The molecule has 32 heavy (non-hydrogen) atoms. The molecule has 4 aromatic rings. The van der Waals surface area contributed by atoms with Gasteiger partial charge in [-0.2, -0.15) is 4.98 Å². The Morgan fingerprint density at radius 3 is 2.25 bits per heavy atom. The molecule has 0 radical (unpaired) electrons. The van der Waals surface area contributed by atoms with Crippen LogP contribution in [0.5, 0.6) is 6.01 Å². The van der Waals surface area contributed by atoms with Crippen LogP contribution in [0.15, 0.2) is 72.8 Å². The van der Waals surface area contributed by atoms with Crippen LogP contribution in [0.3, 0.4) is 0 Å². The summed E-state index contributed by atoms with van der Waals surface area (Å²) in [4.78, 5) is 16.7. The lowest BCUT2D eigenvalue weighted by Gasteiger charge is -2.09. The van der Waals surface area contributed by atoms with E-state index in [4.69, 9.17) is 4.74 Å². The maximum Gasteiger partial charge on any atom is 0.336 e. The van der Waals surface area contributed by atoms with E-state index < -0.39 is 17.5 Å². The fourth-order valence-corrected chi connectivity index (χ4v) is 3.08. The Morgan fingerprint density at radius 2 is 1.59 bits per heavy atom. The molecular formula is C24H20F2N4O2. The molecule has 0 spiro atoms. The van der Waals surface area contributed by atoms with Crippen molar-refractivity contribution in [3.63, 3.8) is 0 Å². The van der Waals surface area contributed by atoms with Gasteiger partial charge in [-0.3, -0.25) is 4.79 Å². The third-order valence-corrected chi connectivity index (χ3v) is 4.53. The number of amides is 1. The van der Waals surface area contributed by atoms with Gasteiger partial charge in [0.1, 0.15) is 11.6 Å². The molecule has 0 fully saturated rings. The molecule has 0 saturated carbocycles. The monoisotopic (exact) mass is 434 g/mol. The largest absolute Gasteiger partial charge is 0.460 e. The SMILES string of the molecule is CC(C)Oc1nc(-c2ccccc2F)n(-c2ccc(NC(=O)c3ccccc3F)cc2)n1. The lowest BCUT2D eigenvalue weighted by atomic mass is 10.2. The highest BCUT2D eigenvalue weighted by molar-refractivity contribution is 6.04. The highest BCUT2D eigenvalue weighted by Crippen LogP contribution is 2.27. The smallest absolute Gasteiger partial charge is 0.336 e. The summed E-state index contributed by atoms with van der Waals surface area (Å²) >= 11 is 0. The Hall–Kier alpha value is -4.07. The van der Waals surface area contributed by atoms with Crippen LogP contribution < -0.4 is 10.1 Å². The zero-order valence-corrected chi connectivity index (χ0v) is 17.4. The van der Waals surface area contributed by atoms with Crippen LogP contribution in [-0.4, -0.2) is 26.8 Å². The zero-order valence-electron chi connectivity index (χ0n) is 17.4. The van der Waals surface area contributed by atoms with Gasteiger partial charge in [-0.15, -0.1) is 5.10 Å². The van der Waals surface area contributed by atoms with Crippen LogP contribution in [0.25, 0.3) is 17.1 Å². The second-order valence-corrected chi connectivity index (χ2v) is 7.26. The molecule has 0 aliphatic rings. The molecule has 0 aliphatic heterocycles. The fraction of sp³-hybridized carbons (Fsp3) is 0.125. The van der Waals surface area contributed by atoms with Crippen molar-refractivity contribution in [1.29, 1.82) is 0 Å². The molecule has 1 heterocycles. The highest BCUT2D eigenvalue weighted by Gasteiger charge is 2.18. The Morgan fingerprint density at radius 1 is 0.938 bits per heavy atom. The van der Waals surface area contributed by atoms with Crippen LogP contribution in [-0.2, 0) is 0 Å². The van der Waals surface area contributed by atoms with Crippen molar-refractivity contribution in [1.82, 2.24) is 14.8 Å². The Bertz CT molecular complexity index is 1250. The van der Waals surface area contributed by atoms with Gasteiger partial charge in [0.25, 0.3) is 5.91 Å². The number of rotatable bonds is 6. The summed E-state index contributed by atoms with van der Waals surface area (Å²) < 4.78 is 35.3. The quantitative estimate of drug-likeness (QED) is 0.450. The van der Waals surface area contributed by atoms with Crippen molar-refractivity contribution in [3.05, 3.63) is 90.0 Å². The van der Waals surface area contributed by atoms with Gasteiger partial charge < -0.3 is 10.1 Å². The van der Waals surface area contributed by atoms with E-state index in [0.717, 1.165) is 0 Å². The summed E-state index contributed by atoms with van der Waals surface area (Å²) in [5.41, 5.74) is 1.27. The van der Waals surface area contributed by atoms with Gasteiger partial charge in [0, 0.05) is 5.69 Å². The highest BCUT2D eigenvalue weighted by atomic mass is 19.1. The number of hydrogen-bond acceptors (Lipinski definition) is 4. The molecule has 0 saturated heterocycles. The summed E-state index contributed by atoms with van der Waals surface area (Å²) in [6.45, 7) is 3.69. The fourth-order valence-electron chi connectivity index (χ4n) is 3.08. The summed E-state index contributed by atoms with van der Waals surface area (Å²) in [5, 5.41) is 7.02. The molecule has 0 bridgehead atoms. The molecule has 1 aromatic heterocycles.